The van der Waals surface area contributed by atoms with Crippen molar-refractivity contribution in [3.63, 3.8) is 0 Å². The second-order valence-electron chi connectivity index (χ2n) is 3.30. The molecule has 0 fully saturated rings. The normalized spacial score (nSPS) is 12.1. The average Bonchev–Trinajstić information content (AvgIpc) is 2.79. The van der Waals surface area contributed by atoms with Crippen LogP contribution in [0.1, 0.15) is 29.2 Å². The van der Waals surface area contributed by atoms with Gasteiger partial charge >= 0.3 is 0 Å². The number of hydrogen-bond donors (Lipinski definition) is 2. The minimum Gasteiger partial charge on any atom is -0.387 e. The van der Waals surface area contributed by atoms with E-state index < -0.39 is 6.10 Å². The number of nitrogens with zero attached hydrogens (tertiary/aromatic N) is 3. The highest BCUT2D eigenvalue weighted by atomic mass is 32.1. The van der Waals surface area contributed by atoms with Crippen molar-refractivity contribution in [1.82, 2.24) is 15.0 Å². The summed E-state index contributed by atoms with van der Waals surface area (Å²) in [4.78, 5) is 23.4. The summed E-state index contributed by atoms with van der Waals surface area (Å²) in [6.45, 7) is 1.61. The van der Waals surface area contributed by atoms with Crippen LogP contribution in [0.15, 0.2) is 24.0 Å². The Morgan fingerprint density at radius 1 is 1.53 bits per heavy atom. The number of rotatable bonds is 3. The zero-order chi connectivity index (χ0) is 12.3. The maximum Gasteiger partial charge on any atom is 0.277 e. The van der Waals surface area contributed by atoms with Gasteiger partial charge in [0, 0.05) is 17.8 Å². The summed E-state index contributed by atoms with van der Waals surface area (Å²) in [7, 11) is 0. The quantitative estimate of drug-likeness (QED) is 0.855. The lowest BCUT2D eigenvalue weighted by atomic mass is 10.3. The van der Waals surface area contributed by atoms with Crippen LogP contribution in [0.4, 0.5) is 5.13 Å². The maximum absolute atomic E-state index is 11.7. The Bertz CT molecular complexity index is 512. The van der Waals surface area contributed by atoms with Crippen LogP contribution in [0.2, 0.25) is 0 Å². The highest BCUT2D eigenvalue weighted by Crippen LogP contribution is 2.20. The van der Waals surface area contributed by atoms with Gasteiger partial charge in [0.2, 0.25) is 0 Å². The topological polar surface area (TPSA) is 88.0 Å². The summed E-state index contributed by atoms with van der Waals surface area (Å²) < 4.78 is 0. The van der Waals surface area contributed by atoms with E-state index in [9.17, 15) is 9.90 Å². The highest BCUT2D eigenvalue weighted by molar-refractivity contribution is 7.14. The fourth-order valence-corrected chi connectivity index (χ4v) is 1.90. The molecule has 6 nitrogen and oxygen atoms in total. The molecule has 0 saturated heterocycles. The lowest BCUT2D eigenvalue weighted by molar-refractivity contribution is 0.102. The first-order chi connectivity index (χ1) is 8.16. The fourth-order valence-electron chi connectivity index (χ4n) is 1.11. The van der Waals surface area contributed by atoms with Crippen molar-refractivity contribution in [2.75, 3.05) is 5.32 Å². The Labute approximate surface area is 101 Å². The van der Waals surface area contributed by atoms with E-state index in [-0.39, 0.29) is 11.6 Å². The molecule has 17 heavy (non-hydrogen) atoms. The molecule has 88 valence electrons. The summed E-state index contributed by atoms with van der Waals surface area (Å²) in [5, 5.41) is 14.0. The number of carbonyl (C=O) groups is 1. The molecule has 0 saturated carbocycles. The molecule has 0 spiro atoms. The van der Waals surface area contributed by atoms with Crippen LogP contribution in [0.5, 0.6) is 0 Å². The summed E-state index contributed by atoms with van der Waals surface area (Å²) in [6.07, 6.45) is 3.66. The number of carbonyl (C=O) groups excluding carboxylic acids is 1. The predicted octanol–water partition coefficient (Wildman–Crippen LogP) is 1.24. The Morgan fingerprint density at radius 3 is 2.94 bits per heavy atom. The monoisotopic (exact) mass is 250 g/mol. The first kappa shape index (κ1) is 11.6. The van der Waals surface area contributed by atoms with E-state index in [1.54, 1.807) is 12.3 Å². The van der Waals surface area contributed by atoms with Gasteiger partial charge in [-0.1, -0.05) is 0 Å². The molecule has 2 N–H and O–H groups in total. The molecule has 0 aliphatic heterocycles. The van der Waals surface area contributed by atoms with E-state index in [1.807, 2.05) is 0 Å². The summed E-state index contributed by atoms with van der Waals surface area (Å²) >= 11 is 1.25. The van der Waals surface area contributed by atoms with Crippen molar-refractivity contribution < 1.29 is 9.90 Å². The molecule has 2 aromatic rings. The summed E-state index contributed by atoms with van der Waals surface area (Å²) in [5.74, 6) is -0.371. The van der Waals surface area contributed by atoms with E-state index in [4.69, 9.17) is 0 Å². The molecule has 0 aromatic carbocycles. The number of aromatic nitrogens is 3. The minimum atomic E-state index is -0.645. The van der Waals surface area contributed by atoms with Crippen LogP contribution in [0.25, 0.3) is 0 Å². The van der Waals surface area contributed by atoms with Crippen molar-refractivity contribution >= 4 is 22.4 Å². The van der Waals surface area contributed by atoms with E-state index in [0.29, 0.717) is 10.8 Å². The van der Waals surface area contributed by atoms with Gasteiger partial charge < -0.3 is 5.11 Å². The van der Waals surface area contributed by atoms with Crippen molar-refractivity contribution in [2.45, 2.75) is 13.0 Å². The summed E-state index contributed by atoms with van der Waals surface area (Å²) in [6, 6.07) is 0. The third-order valence-corrected chi connectivity index (χ3v) is 2.74. The van der Waals surface area contributed by atoms with Crippen LogP contribution >= 0.6 is 11.3 Å². The SMILES string of the molecule is CC(O)c1csc(NC(=O)c2cnccn2)n1. The van der Waals surface area contributed by atoms with Gasteiger partial charge in [0.1, 0.15) is 5.69 Å². The van der Waals surface area contributed by atoms with E-state index in [2.05, 4.69) is 20.3 Å². The number of thiazole rings is 1. The molecular weight excluding hydrogens is 240 g/mol. The molecule has 2 rings (SSSR count). The molecule has 0 radical (unpaired) electrons. The maximum atomic E-state index is 11.7. The van der Waals surface area contributed by atoms with Gasteiger partial charge in [-0.2, -0.15) is 0 Å². The number of anilines is 1. The second-order valence-corrected chi connectivity index (χ2v) is 4.16. The zero-order valence-corrected chi connectivity index (χ0v) is 9.81. The van der Waals surface area contributed by atoms with Gasteiger partial charge in [-0.05, 0) is 6.92 Å². The first-order valence-corrected chi connectivity index (χ1v) is 5.75. The molecule has 2 heterocycles. The van der Waals surface area contributed by atoms with E-state index in [1.165, 1.54) is 29.9 Å². The van der Waals surface area contributed by atoms with Crippen LogP contribution < -0.4 is 5.32 Å². The molecule has 0 aliphatic carbocycles. The van der Waals surface area contributed by atoms with Crippen molar-refractivity contribution in [2.24, 2.45) is 0 Å². The number of aliphatic hydroxyl groups excluding tert-OH is 1. The van der Waals surface area contributed by atoms with Gasteiger partial charge in [0.05, 0.1) is 18.0 Å². The Hall–Kier alpha value is -1.86. The van der Waals surface area contributed by atoms with Gasteiger partial charge in [0.15, 0.2) is 5.13 Å². The van der Waals surface area contributed by atoms with Crippen LogP contribution in [0.3, 0.4) is 0 Å². The molecule has 0 bridgehead atoms. The number of hydrogen-bond acceptors (Lipinski definition) is 6. The Kier molecular flexibility index (Phi) is 3.40. The number of aliphatic hydroxyl groups is 1. The van der Waals surface area contributed by atoms with Crippen LogP contribution in [0, 0.1) is 0 Å². The molecular formula is C10H10N4O2S. The highest BCUT2D eigenvalue weighted by Gasteiger charge is 2.11. The second kappa shape index (κ2) is 4.98. The number of amides is 1. The van der Waals surface area contributed by atoms with Gasteiger partial charge in [-0.25, -0.2) is 9.97 Å². The van der Waals surface area contributed by atoms with Gasteiger partial charge in [0.25, 0.3) is 5.91 Å². The van der Waals surface area contributed by atoms with Crippen LogP contribution in [-0.2, 0) is 0 Å². The molecule has 1 unspecified atom stereocenters. The lowest BCUT2D eigenvalue weighted by Gasteiger charge is -2.00. The Morgan fingerprint density at radius 2 is 2.35 bits per heavy atom. The van der Waals surface area contributed by atoms with Crippen molar-refractivity contribution in [3.05, 3.63) is 35.4 Å². The van der Waals surface area contributed by atoms with Crippen molar-refractivity contribution in [3.8, 4) is 0 Å². The van der Waals surface area contributed by atoms with Crippen LogP contribution in [-0.4, -0.2) is 26.0 Å². The first-order valence-electron chi connectivity index (χ1n) is 4.87. The van der Waals surface area contributed by atoms with E-state index >= 15 is 0 Å². The van der Waals surface area contributed by atoms with Gasteiger partial charge in [-0.15, -0.1) is 11.3 Å². The third kappa shape index (κ3) is 2.83. The minimum absolute atomic E-state index is 0.223. The predicted molar refractivity (Wildman–Crippen MR) is 62.7 cm³/mol. The molecule has 2 aromatic heterocycles. The molecule has 1 atom stereocenters. The molecule has 0 aliphatic rings. The largest absolute Gasteiger partial charge is 0.387 e. The number of nitrogens with one attached hydrogen (secondary N) is 1. The zero-order valence-electron chi connectivity index (χ0n) is 8.99. The standard InChI is InChI=1S/C10H10N4O2S/c1-6(15)8-5-17-10(13-8)14-9(16)7-4-11-2-3-12-7/h2-6,15H,1H3,(H,13,14,16). The fraction of sp³-hybridized carbons (Fsp3) is 0.200. The van der Waals surface area contributed by atoms with Gasteiger partial charge in [-0.3, -0.25) is 15.1 Å². The van der Waals surface area contributed by atoms with Crippen molar-refractivity contribution in [1.29, 1.82) is 0 Å². The molecule has 1 amide bonds. The summed E-state index contributed by atoms with van der Waals surface area (Å²) in [5.41, 5.74) is 0.755. The lowest BCUT2D eigenvalue weighted by Crippen LogP contribution is -2.13. The Balaban J connectivity index is 2.08. The smallest absolute Gasteiger partial charge is 0.277 e. The molecule has 7 heteroatoms. The average molecular weight is 250 g/mol. The van der Waals surface area contributed by atoms with E-state index in [0.717, 1.165) is 0 Å². The third-order valence-electron chi connectivity index (χ3n) is 1.97.